The van der Waals surface area contributed by atoms with Crippen molar-refractivity contribution in [2.45, 2.75) is 37.3 Å². The van der Waals surface area contributed by atoms with Crippen LogP contribution in [-0.2, 0) is 6.42 Å². The van der Waals surface area contributed by atoms with E-state index >= 15 is 0 Å². The summed E-state index contributed by atoms with van der Waals surface area (Å²) in [6.07, 6.45) is 2.83. The molecule has 0 saturated heterocycles. The highest BCUT2D eigenvalue weighted by atomic mass is 32.2. The highest BCUT2D eigenvalue weighted by Gasteiger charge is 2.07. The molecular weight excluding hydrogens is 218 g/mol. The monoisotopic (exact) mass is 239 g/mol. The van der Waals surface area contributed by atoms with Gasteiger partial charge in [0.05, 0.1) is 6.10 Å². The van der Waals surface area contributed by atoms with Gasteiger partial charge in [0.2, 0.25) is 0 Å². The van der Waals surface area contributed by atoms with Crippen LogP contribution in [0.1, 0.15) is 19.4 Å². The number of rotatable bonds is 6. The van der Waals surface area contributed by atoms with E-state index in [0.29, 0.717) is 12.6 Å². The molecular formula is C13H21NOS. The maximum atomic E-state index is 9.20. The van der Waals surface area contributed by atoms with Crippen molar-refractivity contribution in [2.24, 2.45) is 0 Å². The fourth-order valence-corrected chi connectivity index (χ4v) is 2.27. The Balaban J connectivity index is 2.51. The van der Waals surface area contributed by atoms with Crippen LogP contribution >= 0.6 is 11.8 Å². The molecule has 1 aromatic rings. The highest BCUT2D eigenvalue weighted by Crippen LogP contribution is 2.20. The van der Waals surface area contributed by atoms with Gasteiger partial charge in [0, 0.05) is 17.5 Å². The van der Waals surface area contributed by atoms with Crippen LogP contribution < -0.4 is 5.32 Å². The van der Waals surface area contributed by atoms with Gasteiger partial charge in [0.25, 0.3) is 0 Å². The zero-order valence-corrected chi connectivity index (χ0v) is 11.1. The van der Waals surface area contributed by atoms with Crippen LogP contribution in [0.25, 0.3) is 0 Å². The summed E-state index contributed by atoms with van der Waals surface area (Å²) in [6, 6.07) is 8.87. The fourth-order valence-electron chi connectivity index (χ4n) is 1.65. The molecule has 2 N–H and O–H groups in total. The Bertz CT molecular complexity index is 315. The number of benzene rings is 1. The molecule has 0 heterocycles. The van der Waals surface area contributed by atoms with Gasteiger partial charge >= 0.3 is 0 Å². The third-order valence-corrected chi connectivity index (χ3v) is 3.32. The molecule has 0 spiro atoms. The van der Waals surface area contributed by atoms with Crippen molar-refractivity contribution in [2.75, 3.05) is 12.8 Å². The van der Waals surface area contributed by atoms with E-state index in [1.165, 1.54) is 10.5 Å². The van der Waals surface area contributed by atoms with E-state index in [4.69, 9.17) is 0 Å². The van der Waals surface area contributed by atoms with Crippen molar-refractivity contribution < 1.29 is 5.11 Å². The molecule has 0 saturated carbocycles. The molecule has 0 aromatic heterocycles. The van der Waals surface area contributed by atoms with Gasteiger partial charge in [-0.05, 0) is 38.2 Å². The quantitative estimate of drug-likeness (QED) is 0.747. The van der Waals surface area contributed by atoms with Crippen molar-refractivity contribution in [3.63, 3.8) is 0 Å². The Kier molecular flexibility index (Phi) is 5.88. The van der Waals surface area contributed by atoms with E-state index in [1.54, 1.807) is 18.7 Å². The van der Waals surface area contributed by atoms with Gasteiger partial charge in [-0.3, -0.25) is 0 Å². The highest BCUT2D eigenvalue weighted by molar-refractivity contribution is 7.98. The van der Waals surface area contributed by atoms with E-state index in [0.717, 1.165) is 6.42 Å². The summed E-state index contributed by atoms with van der Waals surface area (Å²) < 4.78 is 0. The minimum Gasteiger partial charge on any atom is -0.392 e. The predicted molar refractivity (Wildman–Crippen MR) is 71.1 cm³/mol. The van der Waals surface area contributed by atoms with E-state index in [1.807, 2.05) is 0 Å². The minimum atomic E-state index is -0.279. The molecule has 0 aliphatic heterocycles. The Labute approximate surface area is 102 Å². The number of aliphatic hydroxyl groups is 1. The first-order valence-electron chi connectivity index (χ1n) is 5.66. The summed E-state index contributed by atoms with van der Waals surface area (Å²) in [5.41, 5.74) is 1.38. The normalized spacial score (nSPS) is 14.8. The van der Waals surface area contributed by atoms with Crippen LogP contribution in [-0.4, -0.2) is 30.1 Å². The summed E-state index contributed by atoms with van der Waals surface area (Å²) >= 11 is 1.78. The molecule has 3 heteroatoms. The average molecular weight is 239 g/mol. The van der Waals surface area contributed by atoms with Crippen molar-refractivity contribution in [1.82, 2.24) is 5.32 Å². The number of hydrogen-bond donors (Lipinski definition) is 2. The van der Waals surface area contributed by atoms with Gasteiger partial charge in [-0.25, -0.2) is 0 Å². The maximum absolute atomic E-state index is 9.20. The minimum absolute atomic E-state index is 0.279. The maximum Gasteiger partial charge on any atom is 0.0636 e. The molecule has 90 valence electrons. The molecule has 1 aromatic carbocycles. The van der Waals surface area contributed by atoms with E-state index < -0.39 is 0 Å². The Morgan fingerprint density at radius 2 is 2.00 bits per heavy atom. The number of thioether (sulfide) groups is 1. The second-order valence-electron chi connectivity index (χ2n) is 4.17. The zero-order chi connectivity index (χ0) is 12.0. The molecule has 0 bridgehead atoms. The number of aliphatic hydroxyl groups excluding tert-OH is 1. The third kappa shape index (κ3) is 4.56. The number of hydrogen-bond acceptors (Lipinski definition) is 3. The predicted octanol–water partition coefficient (Wildman–Crippen LogP) is 2.31. The first-order valence-corrected chi connectivity index (χ1v) is 6.89. The fraction of sp³-hybridized carbons (Fsp3) is 0.538. The van der Waals surface area contributed by atoms with Crippen LogP contribution in [0.3, 0.4) is 0 Å². The topological polar surface area (TPSA) is 32.3 Å². The van der Waals surface area contributed by atoms with Crippen LogP contribution in [0.15, 0.2) is 29.2 Å². The summed E-state index contributed by atoms with van der Waals surface area (Å²) in [7, 11) is 0. The molecule has 0 aliphatic carbocycles. The summed E-state index contributed by atoms with van der Waals surface area (Å²) in [4.78, 5) is 1.34. The third-order valence-electron chi connectivity index (χ3n) is 2.48. The zero-order valence-electron chi connectivity index (χ0n) is 10.2. The first kappa shape index (κ1) is 13.6. The molecule has 0 fully saturated rings. The molecule has 0 amide bonds. The van der Waals surface area contributed by atoms with Crippen LogP contribution in [0.4, 0.5) is 0 Å². The summed E-state index contributed by atoms with van der Waals surface area (Å²) in [5.74, 6) is 0. The summed E-state index contributed by atoms with van der Waals surface area (Å²) in [6.45, 7) is 4.61. The SMILES string of the molecule is CSc1ccccc1CC(C)NC[C@@H](C)O. The average Bonchev–Trinajstić information content (AvgIpc) is 2.27. The van der Waals surface area contributed by atoms with Crippen molar-refractivity contribution in [1.29, 1.82) is 0 Å². The lowest BCUT2D eigenvalue weighted by molar-refractivity contribution is 0.187. The second-order valence-corrected chi connectivity index (χ2v) is 5.02. The van der Waals surface area contributed by atoms with Crippen LogP contribution in [0.5, 0.6) is 0 Å². The second kappa shape index (κ2) is 6.94. The summed E-state index contributed by atoms with van der Waals surface area (Å²) in [5, 5.41) is 12.5. The largest absolute Gasteiger partial charge is 0.392 e. The lowest BCUT2D eigenvalue weighted by Crippen LogP contribution is -2.33. The van der Waals surface area contributed by atoms with Crippen molar-refractivity contribution in [3.8, 4) is 0 Å². The molecule has 1 rings (SSSR count). The Hall–Kier alpha value is -0.510. The van der Waals surface area contributed by atoms with Crippen molar-refractivity contribution in [3.05, 3.63) is 29.8 Å². The van der Waals surface area contributed by atoms with Gasteiger partial charge in [-0.15, -0.1) is 11.8 Å². The lowest BCUT2D eigenvalue weighted by Gasteiger charge is -2.16. The lowest BCUT2D eigenvalue weighted by atomic mass is 10.1. The Morgan fingerprint density at radius 3 is 2.62 bits per heavy atom. The molecule has 0 radical (unpaired) electrons. The molecule has 2 nitrogen and oxygen atoms in total. The van der Waals surface area contributed by atoms with E-state index in [9.17, 15) is 5.11 Å². The molecule has 2 atom stereocenters. The molecule has 16 heavy (non-hydrogen) atoms. The van der Waals surface area contributed by atoms with Gasteiger partial charge in [0.1, 0.15) is 0 Å². The Morgan fingerprint density at radius 1 is 1.31 bits per heavy atom. The smallest absolute Gasteiger partial charge is 0.0636 e. The molecule has 0 aliphatic rings. The van der Waals surface area contributed by atoms with Gasteiger partial charge in [-0.1, -0.05) is 18.2 Å². The van der Waals surface area contributed by atoms with Gasteiger partial charge in [-0.2, -0.15) is 0 Å². The van der Waals surface area contributed by atoms with Crippen LogP contribution in [0, 0.1) is 0 Å². The van der Waals surface area contributed by atoms with Crippen LogP contribution in [0.2, 0.25) is 0 Å². The standard InChI is InChI=1S/C13H21NOS/c1-10(14-9-11(2)15)8-12-6-4-5-7-13(12)16-3/h4-7,10-11,14-15H,8-9H2,1-3H3/t10?,11-/m1/s1. The van der Waals surface area contributed by atoms with Crippen molar-refractivity contribution >= 4 is 11.8 Å². The van der Waals surface area contributed by atoms with Gasteiger partial charge in [0.15, 0.2) is 0 Å². The number of nitrogens with one attached hydrogen (secondary N) is 1. The molecule has 1 unspecified atom stereocenters. The first-order chi connectivity index (χ1) is 7.63. The van der Waals surface area contributed by atoms with E-state index in [2.05, 4.69) is 42.8 Å². The van der Waals surface area contributed by atoms with E-state index in [-0.39, 0.29) is 6.10 Å². The van der Waals surface area contributed by atoms with Gasteiger partial charge < -0.3 is 10.4 Å².